The van der Waals surface area contributed by atoms with Crippen molar-refractivity contribution < 1.29 is 14.0 Å². The molecular formula is C11H8Cl2N2O3. The molecule has 5 nitrogen and oxygen atoms in total. The predicted molar refractivity (Wildman–Crippen MR) is 65.4 cm³/mol. The fourth-order valence-electron chi connectivity index (χ4n) is 1.68. The fraction of sp³-hybridized carbons (Fsp3) is 0.273. The molecule has 1 aliphatic heterocycles. The molecule has 0 fully saturated rings. The second-order valence-corrected chi connectivity index (χ2v) is 4.44. The van der Waals surface area contributed by atoms with Gasteiger partial charge in [-0.2, -0.15) is 4.98 Å². The molecule has 7 heteroatoms. The summed E-state index contributed by atoms with van der Waals surface area (Å²) in [6, 6.07) is 3.45. The van der Waals surface area contributed by atoms with Crippen molar-refractivity contribution in [3.05, 3.63) is 22.5 Å². The third-order valence-corrected chi connectivity index (χ3v) is 2.90. The first kappa shape index (κ1) is 11.6. The highest BCUT2D eigenvalue weighted by molar-refractivity contribution is 6.32. The molecule has 18 heavy (non-hydrogen) atoms. The summed E-state index contributed by atoms with van der Waals surface area (Å²) in [6.07, 6.45) is 0.814. The number of rotatable bonds is 1. The summed E-state index contributed by atoms with van der Waals surface area (Å²) >= 11 is 11.7. The van der Waals surface area contributed by atoms with E-state index in [-0.39, 0.29) is 5.35 Å². The summed E-state index contributed by atoms with van der Waals surface area (Å²) < 4.78 is 15.8. The van der Waals surface area contributed by atoms with E-state index in [9.17, 15) is 0 Å². The highest BCUT2D eigenvalue weighted by atomic mass is 35.5. The Hall–Kier alpha value is -1.46. The maximum atomic E-state index is 6.15. The van der Waals surface area contributed by atoms with Crippen LogP contribution in [-0.4, -0.2) is 23.4 Å². The van der Waals surface area contributed by atoms with E-state index in [0.29, 0.717) is 41.1 Å². The Labute approximate surface area is 113 Å². The van der Waals surface area contributed by atoms with E-state index in [2.05, 4.69) is 10.1 Å². The first-order chi connectivity index (χ1) is 8.74. The molecule has 0 bridgehead atoms. The molecule has 0 saturated carbocycles. The van der Waals surface area contributed by atoms with Crippen LogP contribution in [0.25, 0.3) is 11.4 Å². The number of nitrogens with zero attached hydrogens (tertiary/aromatic N) is 2. The van der Waals surface area contributed by atoms with Gasteiger partial charge in [0.25, 0.3) is 0 Å². The van der Waals surface area contributed by atoms with Crippen molar-refractivity contribution in [2.24, 2.45) is 0 Å². The second kappa shape index (κ2) is 4.66. The highest BCUT2D eigenvalue weighted by Gasteiger charge is 2.18. The van der Waals surface area contributed by atoms with Gasteiger partial charge in [0.1, 0.15) is 0 Å². The minimum absolute atomic E-state index is 0.0202. The Balaban J connectivity index is 2.07. The number of benzene rings is 1. The van der Waals surface area contributed by atoms with Crippen LogP contribution in [0.1, 0.15) is 6.42 Å². The van der Waals surface area contributed by atoms with Crippen LogP contribution in [-0.2, 0) is 0 Å². The van der Waals surface area contributed by atoms with Crippen molar-refractivity contribution in [1.29, 1.82) is 0 Å². The summed E-state index contributed by atoms with van der Waals surface area (Å²) in [4.78, 5) is 3.93. The van der Waals surface area contributed by atoms with Gasteiger partial charge in [-0.05, 0) is 23.7 Å². The maximum absolute atomic E-state index is 6.15. The molecule has 0 atom stereocenters. The zero-order chi connectivity index (χ0) is 12.5. The molecule has 1 aliphatic rings. The maximum Gasteiger partial charge on any atom is 0.320 e. The molecule has 0 radical (unpaired) electrons. The van der Waals surface area contributed by atoms with Crippen LogP contribution >= 0.6 is 23.2 Å². The fourth-order valence-corrected chi connectivity index (χ4v) is 2.06. The van der Waals surface area contributed by atoms with Crippen molar-refractivity contribution in [2.45, 2.75) is 6.42 Å². The largest absolute Gasteiger partial charge is 0.489 e. The number of ether oxygens (including phenoxy) is 2. The number of hydrogen-bond acceptors (Lipinski definition) is 5. The molecule has 0 N–H and O–H groups in total. The Kier molecular flexibility index (Phi) is 3.01. The Morgan fingerprint density at radius 2 is 1.94 bits per heavy atom. The topological polar surface area (TPSA) is 57.4 Å². The SMILES string of the molecule is Clc1nc(-c2cc(Cl)c3c(c2)OCCCO3)no1. The third kappa shape index (κ3) is 2.11. The molecule has 2 aromatic rings. The molecule has 0 aliphatic carbocycles. The first-order valence-corrected chi connectivity index (χ1v) is 6.08. The van der Waals surface area contributed by atoms with Gasteiger partial charge in [0.05, 0.1) is 18.2 Å². The Bertz CT molecular complexity index is 586. The molecule has 0 amide bonds. The average Bonchev–Trinajstić information content (AvgIpc) is 2.63. The summed E-state index contributed by atoms with van der Waals surface area (Å²) in [5.41, 5.74) is 0.667. The van der Waals surface area contributed by atoms with E-state index in [1.807, 2.05) is 0 Å². The van der Waals surface area contributed by atoms with Gasteiger partial charge in [-0.25, -0.2) is 0 Å². The lowest BCUT2D eigenvalue weighted by Gasteiger charge is -2.09. The van der Waals surface area contributed by atoms with E-state index in [1.165, 1.54) is 0 Å². The summed E-state index contributed by atoms with van der Waals surface area (Å²) in [5, 5.41) is 4.16. The van der Waals surface area contributed by atoms with Crippen LogP contribution < -0.4 is 9.47 Å². The highest BCUT2D eigenvalue weighted by Crippen LogP contribution is 2.40. The summed E-state index contributed by atoms with van der Waals surface area (Å²) in [6.45, 7) is 1.17. The minimum Gasteiger partial charge on any atom is -0.489 e. The quantitative estimate of drug-likeness (QED) is 0.806. The zero-order valence-electron chi connectivity index (χ0n) is 9.15. The predicted octanol–water partition coefficient (Wildman–Crippen LogP) is 3.20. The number of hydrogen-bond donors (Lipinski definition) is 0. The lowest BCUT2D eigenvalue weighted by molar-refractivity contribution is 0.297. The van der Waals surface area contributed by atoms with Crippen molar-refractivity contribution in [3.63, 3.8) is 0 Å². The molecule has 94 valence electrons. The van der Waals surface area contributed by atoms with Gasteiger partial charge in [-0.15, -0.1) is 0 Å². The van der Waals surface area contributed by atoms with Gasteiger partial charge in [0.2, 0.25) is 5.82 Å². The van der Waals surface area contributed by atoms with E-state index >= 15 is 0 Å². The van der Waals surface area contributed by atoms with Gasteiger partial charge in [0.15, 0.2) is 11.5 Å². The smallest absolute Gasteiger partial charge is 0.320 e. The molecule has 3 rings (SSSR count). The van der Waals surface area contributed by atoms with Crippen LogP contribution in [0.4, 0.5) is 0 Å². The lowest BCUT2D eigenvalue weighted by atomic mass is 10.2. The van der Waals surface area contributed by atoms with Crippen molar-refractivity contribution in [3.8, 4) is 22.9 Å². The van der Waals surface area contributed by atoms with Gasteiger partial charge >= 0.3 is 5.35 Å². The Morgan fingerprint density at radius 1 is 1.11 bits per heavy atom. The normalized spacial score (nSPS) is 14.3. The molecular weight excluding hydrogens is 279 g/mol. The molecule has 0 unspecified atom stereocenters. The average molecular weight is 287 g/mol. The van der Waals surface area contributed by atoms with Gasteiger partial charge < -0.3 is 14.0 Å². The van der Waals surface area contributed by atoms with Crippen LogP contribution in [0.2, 0.25) is 10.4 Å². The van der Waals surface area contributed by atoms with Crippen molar-refractivity contribution in [2.75, 3.05) is 13.2 Å². The number of fused-ring (bicyclic) bond motifs is 1. The molecule has 1 aromatic carbocycles. The van der Waals surface area contributed by atoms with Crippen LogP contribution in [0.15, 0.2) is 16.7 Å². The van der Waals surface area contributed by atoms with Gasteiger partial charge in [0, 0.05) is 12.0 Å². The Morgan fingerprint density at radius 3 is 2.72 bits per heavy atom. The monoisotopic (exact) mass is 286 g/mol. The molecule has 1 aromatic heterocycles. The third-order valence-electron chi connectivity index (χ3n) is 2.46. The van der Waals surface area contributed by atoms with E-state index in [4.69, 9.17) is 37.2 Å². The zero-order valence-corrected chi connectivity index (χ0v) is 10.7. The van der Waals surface area contributed by atoms with Crippen LogP contribution in [0, 0.1) is 0 Å². The second-order valence-electron chi connectivity index (χ2n) is 3.71. The minimum atomic E-state index is -0.0202. The van der Waals surface area contributed by atoms with Gasteiger partial charge in [-0.3, -0.25) is 0 Å². The van der Waals surface area contributed by atoms with E-state index in [0.717, 1.165) is 6.42 Å². The first-order valence-electron chi connectivity index (χ1n) is 5.33. The number of halogens is 2. The number of aromatic nitrogens is 2. The summed E-state index contributed by atoms with van der Waals surface area (Å²) in [5.74, 6) is 1.49. The van der Waals surface area contributed by atoms with Crippen molar-refractivity contribution >= 4 is 23.2 Å². The van der Waals surface area contributed by atoms with Gasteiger partial charge in [-0.1, -0.05) is 16.8 Å². The van der Waals surface area contributed by atoms with E-state index in [1.54, 1.807) is 12.1 Å². The van der Waals surface area contributed by atoms with E-state index < -0.39 is 0 Å². The van der Waals surface area contributed by atoms with Crippen LogP contribution in [0.3, 0.4) is 0 Å². The molecule has 0 saturated heterocycles. The van der Waals surface area contributed by atoms with Crippen LogP contribution in [0.5, 0.6) is 11.5 Å². The van der Waals surface area contributed by atoms with Crippen molar-refractivity contribution in [1.82, 2.24) is 10.1 Å². The summed E-state index contributed by atoms with van der Waals surface area (Å²) in [7, 11) is 0. The molecule has 0 spiro atoms. The lowest BCUT2D eigenvalue weighted by Crippen LogP contribution is -1.97. The standard InChI is InChI=1S/C11H8Cl2N2O3/c12-7-4-6(10-14-11(13)18-15-10)5-8-9(7)17-3-1-2-16-8/h4-5H,1-3H2. The molecule has 2 heterocycles.